The Bertz CT molecular complexity index is 357. The first-order valence-electron chi connectivity index (χ1n) is 7.83. The molecule has 4 nitrogen and oxygen atoms in total. The van der Waals surface area contributed by atoms with Crippen molar-refractivity contribution in [3.05, 3.63) is 24.3 Å². The fourth-order valence-corrected chi connectivity index (χ4v) is 2.89. The topological polar surface area (TPSA) is 35.6 Å². The lowest BCUT2D eigenvalue weighted by Crippen LogP contribution is -2.51. The van der Waals surface area contributed by atoms with Crippen molar-refractivity contribution < 1.29 is 4.79 Å². The molecule has 0 aromatic carbocycles. The van der Waals surface area contributed by atoms with Gasteiger partial charge in [-0.25, -0.2) is 4.79 Å². The fourth-order valence-electron chi connectivity index (χ4n) is 2.89. The third kappa shape index (κ3) is 4.67. The van der Waals surface area contributed by atoms with Crippen LogP contribution in [0.5, 0.6) is 0 Å². The summed E-state index contributed by atoms with van der Waals surface area (Å²) in [5, 5.41) is 3.05. The van der Waals surface area contributed by atoms with E-state index >= 15 is 0 Å². The van der Waals surface area contributed by atoms with Crippen molar-refractivity contribution in [3.8, 4) is 0 Å². The average Bonchev–Trinajstić information content (AvgIpc) is 2.49. The van der Waals surface area contributed by atoms with Gasteiger partial charge in [-0.15, -0.1) is 6.58 Å². The van der Waals surface area contributed by atoms with Crippen LogP contribution in [-0.2, 0) is 0 Å². The van der Waals surface area contributed by atoms with Crippen LogP contribution in [0, 0.1) is 0 Å². The van der Waals surface area contributed by atoms with Gasteiger partial charge in [-0.2, -0.15) is 0 Å². The molecule has 2 rings (SSSR count). The maximum atomic E-state index is 12.1. The van der Waals surface area contributed by atoms with E-state index in [9.17, 15) is 4.79 Å². The highest BCUT2D eigenvalue weighted by Gasteiger charge is 2.19. The number of hydrogen-bond acceptors (Lipinski definition) is 2. The van der Waals surface area contributed by atoms with Gasteiger partial charge in [-0.05, 0) is 32.1 Å². The minimum absolute atomic E-state index is 0.0969. The molecule has 0 aromatic heterocycles. The molecule has 2 aliphatic rings. The fraction of sp³-hybridized carbons (Fsp3) is 0.688. The molecule has 112 valence electrons. The number of nitrogens with one attached hydrogen (secondary N) is 1. The molecule has 0 radical (unpaired) electrons. The van der Waals surface area contributed by atoms with Crippen LogP contribution < -0.4 is 5.32 Å². The summed E-state index contributed by atoms with van der Waals surface area (Å²) >= 11 is 0. The third-order valence-electron chi connectivity index (χ3n) is 4.15. The largest absolute Gasteiger partial charge is 0.338 e. The highest BCUT2D eigenvalue weighted by atomic mass is 16.2. The van der Waals surface area contributed by atoms with Gasteiger partial charge < -0.3 is 10.2 Å². The van der Waals surface area contributed by atoms with E-state index in [1.165, 1.54) is 31.3 Å². The summed E-state index contributed by atoms with van der Waals surface area (Å²) in [5.74, 6) is 0. The number of carbonyl (C=O) groups is 1. The lowest BCUT2D eigenvalue weighted by atomic mass is 9.97. The number of hydrogen-bond donors (Lipinski definition) is 1. The Kier molecular flexibility index (Phi) is 6.12. The molecule has 0 unspecified atom stereocenters. The zero-order valence-corrected chi connectivity index (χ0v) is 12.4. The zero-order valence-electron chi connectivity index (χ0n) is 12.4. The molecule has 0 atom stereocenters. The van der Waals surface area contributed by atoms with Gasteiger partial charge >= 0.3 is 6.03 Å². The maximum absolute atomic E-state index is 12.1. The highest BCUT2D eigenvalue weighted by molar-refractivity contribution is 5.74. The van der Waals surface area contributed by atoms with Crippen molar-refractivity contribution in [3.63, 3.8) is 0 Å². The van der Waals surface area contributed by atoms with Gasteiger partial charge in [0.25, 0.3) is 0 Å². The summed E-state index contributed by atoms with van der Waals surface area (Å²) in [4.78, 5) is 16.3. The second-order valence-corrected chi connectivity index (χ2v) is 5.67. The smallest absolute Gasteiger partial charge is 0.317 e. The van der Waals surface area contributed by atoms with Crippen molar-refractivity contribution >= 4 is 6.03 Å². The molecule has 20 heavy (non-hydrogen) atoms. The zero-order chi connectivity index (χ0) is 14.2. The molecule has 0 spiro atoms. The van der Waals surface area contributed by atoms with E-state index in [4.69, 9.17) is 0 Å². The Morgan fingerprint density at radius 1 is 1.30 bits per heavy atom. The van der Waals surface area contributed by atoms with Crippen molar-refractivity contribution in [1.29, 1.82) is 0 Å². The van der Waals surface area contributed by atoms with Crippen LogP contribution in [0.25, 0.3) is 0 Å². The monoisotopic (exact) mass is 277 g/mol. The molecular formula is C16H27N3O. The average molecular weight is 277 g/mol. The van der Waals surface area contributed by atoms with Gasteiger partial charge in [0.15, 0.2) is 0 Å². The van der Waals surface area contributed by atoms with E-state index in [1.54, 1.807) is 0 Å². The lowest BCUT2D eigenvalue weighted by molar-refractivity contribution is 0.147. The van der Waals surface area contributed by atoms with Crippen LogP contribution in [0.4, 0.5) is 4.79 Å². The molecule has 1 aliphatic carbocycles. The number of rotatable bonds is 5. The number of piperazine rings is 1. The Balaban J connectivity index is 1.63. The SMILES string of the molecule is C=CCN1CCN(C(=O)NCCC2=CCCCC2)CC1. The molecule has 1 fully saturated rings. The third-order valence-corrected chi connectivity index (χ3v) is 4.15. The normalized spacial score (nSPS) is 20.4. The van der Waals surface area contributed by atoms with E-state index < -0.39 is 0 Å². The second kappa shape index (κ2) is 8.10. The first-order valence-corrected chi connectivity index (χ1v) is 7.83. The molecule has 1 heterocycles. The van der Waals surface area contributed by atoms with E-state index in [1.807, 2.05) is 11.0 Å². The minimum atomic E-state index is 0.0969. The quantitative estimate of drug-likeness (QED) is 0.783. The van der Waals surface area contributed by atoms with Crippen LogP contribution in [0.2, 0.25) is 0 Å². The number of nitrogens with zero attached hydrogens (tertiary/aromatic N) is 2. The Labute approximate surface area is 122 Å². The van der Waals surface area contributed by atoms with Crippen LogP contribution in [0.3, 0.4) is 0 Å². The summed E-state index contributed by atoms with van der Waals surface area (Å²) in [7, 11) is 0. The number of carbonyl (C=O) groups excluding carboxylic acids is 1. The van der Waals surface area contributed by atoms with Gasteiger partial charge in [0.2, 0.25) is 0 Å². The summed E-state index contributed by atoms with van der Waals surface area (Å²) in [6.45, 7) is 8.99. The minimum Gasteiger partial charge on any atom is -0.338 e. The first-order chi connectivity index (χ1) is 9.79. The van der Waals surface area contributed by atoms with Crippen LogP contribution in [0.1, 0.15) is 32.1 Å². The molecule has 1 aliphatic heterocycles. The van der Waals surface area contributed by atoms with Crippen molar-refractivity contribution in [2.45, 2.75) is 32.1 Å². The molecule has 4 heteroatoms. The van der Waals surface area contributed by atoms with Gasteiger partial charge in [0.1, 0.15) is 0 Å². The van der Waals surface area contributed by atoms with Crippen LogP contribution in [-0.4, -0.2) is 55.1 Å². The standard InChI is InChI=1S/C16H27N3O/c1-2-10-18-11-13-19(14-12-18)16(20)17-9-8-15-6-4-3-5-7-15/h2,6H,1,3-5,7-14H2,(H,17,20). The lowest BCUT2D eigenvalue weighted by Gasteiger charge is -2.34. The summed E-state index contributed by atoms with van der Waals surface area (Å²) in [6.07, 6.45) is 10.4. The summed E-state index contributed by atoms with van der Waals surface area (Å²) < 4.78 is 0. The molecule has 1 saturated heterocycles. The van der Waals surface area contributed by atoms with E-state index in [2.05, 4.69) is 22.9 Å². The van der Waals surface area contributed by atoms with Gasteiger partial charge in [0.05, 0.1) is 0 Å². The van der Waals surface area contributed by atoms with E-state index in [-0.39, 0.29) is 6.03 Å². The summed E-state index contributed by atoms with van der Waals surface area (Å²) in [6, 6.07) is 0.0969. The predicted molar refractivity (Wildman–Crippen MR) is 82.8 cm³/mol. The highest BCUT2D eigenvalue weighted by Crippen LogP contribution is 2.19. The summed E-state index contributed by atoms with van der Waals surface area (Å²) in [5.41, 5.74) is 1.52. The Morgan fingerprint density at radius 2 is 2.10 bits per heavy atom. The van der Waals surface area contributed by atoms with Crippen LogP contribution >= 0.6 is 0 Å². The number of amides is 2. The second-order valence-electron chi connectivity index (χ2n) is 5.67. The van der Waals surface area contributed by atoms with Crippen molar-refractivity contribution in [2.24, 2.45) is 0 Å². The molecule has 1 N–H and O–H groups in total. The Morgan fingerprint density at radius 3 is 2.75 bits per heavy atom. The molecule has 0 aromatic rings. The maximum Gasteiger partial charge on any atom is 0.317 e. The molecular weight excluding hydrogens is 250 g/mol. The Hall–Kier alpha value is -1.29. The van der Waals surface area contributed by atoms with Crippen LogP contribution in [0.15, 0.2) is 24.3 Å². The van der Waals surface area contributed by atoms with Crippen molar-refractivity contribution in [2.75, 3.05) is 39.3 Å². The first kappa shape index (κ1) is 15.1. The number of urea groups is 1. The molecule has 2 amide bonds. The predicted octanol–water partition coefficient (Wildman–Crippen LogP) is 2.39. The van der Waals surface area contributed by atoms with E-state index in [0.29, 0.717) is 0 Å². The molecule has 0 bridgehead atoms. The van der Waals surface area contributed by atoms with Gasteiger partial charge in [0, 0.05) is 39.3 Å². The van der Waals surface area contributed by atoms with E-state index in [0.717, 1.165) is 45.7 Å². The van der Waals surface area contributed by atoms with Gasteiger partial charge in [-0.1, -0.05) is 17.7 Å². The molecule has 0 saturated carbocycles. The number of allylic oxidation sites excluding steroid dienone is 1. The van der Waals surface area contributed by atoms with Crippen molar-refractivity contribution in [1.82, 2.24) is 15.1 Å². The van der Waals surface area contributed by atoms with Gasteiger partial charge in [-0.3, -0.25) is 4.90 Å².